The van der Waals surface area contributed by atoms with E-state index in [1.54, 1.807) is 0 Å². The van der Waals surface area contributed by atoms with Crippen LogP contribution in [0.1, 0.15) is 12.7 Å². The second-order valence-corrected chi connectivity index (χ2v) is 4.43. The normalized spacial score (nSPS) is 11.2. The van der Waals surface area contributed by atoms with Crippen LogP contribution in [-0.4, -0.2) is 14.5 Å². The third kappa shape index (κ3) is 2.14. The molecule has 0 aliphatic rings. The van der Waals surface area contributed by atoms with Gasteiger partial charge >= 0.3 is 0 Å². The Balaban J connectivity index is 1.72. The summed E-state index contributed by atoms with van der Waals surface area (Å²) in [4.78, 5) is 7.93. The monoisotopic (exact) mass is 241 g/mol. The van der Waals surface area contributed by atoms with E-state index in [2.05, 4.69) is 50.8 Å². The van der Waals surface area contributed by atoms with Gasteiger partial charge in [0.1, 0.15) is 18.2 Å². The minimum absolute atomic E-state index is 0.924. The average Bonchev–Trinajstić information content (AvgIpc) is 3.02. The zero-order chi connectivity index (χ0) is 12.4. The van der Waals surface area contributed by atoms with E-state index in [-0.39, 0.29) is 0 Å². The summed E-state index contributed by atoms with van der Waals surface area (Å²) < 4.78 is 4.36. The van der Waals surface area contributed by atoms with Crippen LogP contribution in [0.5, 0.6) is 0 Å². The Hall–Kier alpha value is -2.10. The molecule has 0 bridgehead atoms. The molecule has 0 amide bonds. The second-order valence-electron chi connectivity index (χ2n) is 4.43. The lowest BCUT2D eigenvalue weighted by molar-refractivity contribution is -0.696. The molecule has 4 nitrogen and oxygen atoms in total. The second kappa shape index (κ2) is 4.64. The Morgan fingerprint density at radius 2 is 2.22 bits per heavy atom. The predicted molar refractivity (Wildman–Crippen MR) is 70.1 cm³/mol. The standard InChI is InChI=1S/C14H17N4/c1-2-17-9-10-18(11-17)8-7-14-15-12-5-3-4-6-13(12)16-14/h3-6,9-11H,2,7-8H2,1H3,(H,15,16)/q+1. The average molecular weight is 241 g/mol. The molecule has 0 aliphatic heterocycles. The van der Waals surface area contributed by atoms with Crippen molar-refractivity contribution in [1.82, 2.24) is 14.5 Å². The number of hydrogen-bond donors (Lipinski definition) is 1. The van der Waals surface area contributed by atoms with Crippen LogP contribution in [0.15, 0.2) is 43.0 Å². The lowest BCUT2D eigenvalue weighted by Gasteiger charge is -1.93. The van der Waals surface area contributed by atoms with Gasteiger partial charge in [-0.2, -0.15) is 0 Å². The van der Waals surface area contributed by atoms with Crippen molar-refractivity contribution < 1.29 is 4.57 Å². The van der Waals surface area contributed by atoms with Gasteiger partial charge in [-0.15, -0.1) is 0 Å². The summed E-state index contributed by atoms with van der Waals surface area (Å²) in [6.45, 7) is 4.11. The van der Waals surface area contributed by atoms with E-state index in [0.717, 1.165) is 36.4 Å². The number of para-hydroxylation sites is 2. The number of aromatic amines is 1. The van der Waals surface area contributed by atoms with Gasteiger partial charge < -0.3 is 4.98 Å². The number of imidazole rings is 2. The minimum Gasteiger partial charge on any atom is -0.342 e. The highest BCUT2D eigenvalue weighted by atomic mass is 15.1. The third-order valence-electron chi connectivity index (χ3n) is 3.16. The van der Waals surface area contributed by atoms with Crippen LogP contribution in [0, 0.1) is 0 Å². The molecule has 92 valence electrons. The first-order chi connectivity index (χ1) is 8.85. The van der Waals surface area contributed by atoms with Gasteiger partial charge in [0, 0.05) is 6.42 Å². The highest BCUT2D eigenvalue weighted by molar-refractivity contribution is 5.74. The maximum Gasteiger partial charge on any atom is 0.243 e. The maximum atomic E-state index is 4.58. The molecule has 4 heteroatoms. The maximum absolute atomic E-state index is 4.58. The fourth-order valence-electron chi connectivity index (χ4n) is 2.12. The Kier molecular flexibility index (Phi) is 2.84. The van der Waals surface area contributed by atoms with Crippen LogP contribution in [0.4, 0.5) is 0 Å². The first-order valence-electron chi connectivity index (χ1n) is 6.33. The third-order valence-corrected chi connectivity index (χ3v) is 3.16. The molecule has 0 fully saturated rings. The van der Waals surface area contributed by atoms with Crippen LogP contribution in [0.2, 0.25) is 0 Å². The van der Waals surface area contributed by atoms with Crippen molar-refractivity contribution >= 4 is 11.0 Å². The molecule has 0 spiro atoms. The number of aryl methyl sites for hydroxylation is 3. The molecule has 18 heavy (non-hydrogen) atoms. The predicted octanol–water partition coefficient (Wildman–Crippen LogP) is 1.91. The Morgan fingerprint density at radius 3 is 3.00 bits per heavy atom. The number of benzene rings is 1. The van der Waals surface area contributed by atoms with Crippen molar-refractivity contribution in [2.45, 2.75) is 26.4 Å². The fraction of sp³-hybridized carbons (Fsp3) is 0.286. The molecule has 1 aromatic carbocycles. The molecular formula is C14H17N4+. The van der Waals surface area contributed by atoms with E-state index >= 15 is 0 Å². The number of nitrogens with zero attached hydrogens (tertiary/aromatic N) is 3. The highest BCUT2D eigenvalue weighted by Gasteiger charge is 2.05. The van der Waals surface area contributed by atoms with Crippen LogP contribution in [0.3, 0.4) is 0 Å². The van der Waals surface area contributed by atoms with Crippen molar-refractivity contribution in [3.63, 3.8) is 0 Å². The molecule has 0 unspecified atom stereocenters. The van der Waals surface area contributed by atoms with Gasteiger partial charge in [-0.05, 0) is 19.1 Å². The van der Waals surface area contributed by atoms with Gasteiger partial charge in [-0.25, -0.2) is 14.1 Å². The summed E-state index contributed by atoms with van der Waals surface area (Å²) in [5.41, 5.74) is 2.16. The summed E-state index contributed by atoms with van der Waals surface area (Å²) in [6, 6.07) is 8.14. The first kappa shape index (κ1) is 11.0. The van der Waals surface area contributed by atoms with Crippen molar-refractivity contribution in [1.29, 1.82) is 0 Å². The van der Waals surface area contributed by atoms with Crippen LogP contribution in [0.25, 0.3) is 11.0 Å². The molecule has 0 saturated carbocycles. The molecule has 2 heterocycles. The van der Waals surface area contributed by atoms with Crippen LogP contribution >= 0.6 is 0 Å². The summed E-state index contributed by atoms with van der Waals surface area (Å²) in [5, 5.41) is 0. The summed E-state index contributed by atoms with van der Waals surface area (Å²) in [5.74, 6) is 1.05. The number of fused-ring (bicyclic) bond motifs is 1. The van der Waals surface area contributed by atoms with Crippen LogP contribution in [-0.2, 0) is 19.5 Å². The molecule has 3 aromatic rings. The van der Waals surface area contributed by atoms with Gasteiger partial charge in [0.15, 0.2) is 0 Å². The smallest absolute Gasteiger partial charge is 0.243 e. The molecule has 0 aliphatic carbocycles. The topological polar surface area (TPSA) is 37.5 Å². The fourth-order valence-corrected chi connectivity index (χ4v) is 2.12. The summed E-state index contributed by atoms with van der Waals surface area (Å²) in [7, 11) is 0. The molecule has 1 N–H and O–H groups in total. The van der Waals surface area contributed by atoms with Crippen molar-refractivity contribution in [2.24, 2.45) is 0 Å². The van der Waals surface area contributed by atoms with Gasteiger partial charge in [0.05, 0.1) is 24.1 Å². The molecule has 0 saturated heterocycles. The SMILES string of the molecule is CCn1cc[n+](CCc2nc3ccccc3[nH]2)c1. The molecule has 0 radical (unpaired) electrons. The van der Waals surface area contributed by atoms with Gasteiger partial charge in [-0.1, -0.05) is 12.1 Å². The first-order valence-corrected chi connectivity index (χ1v) is 6.33. The number of H-pyrrole nitrogens is 1. The molecule has 2 aromatic heterocycles. The molecule has 3 rings (SSSR count). The lowest BCUT2D eigenvalue weighted by atomic mass is 10.3. The van der Waals surface area contributed by atoms with Crippen molar-refractivity contribution in [2.75, 3.05) is 0 Å². The summed E-state index contributed by atoms with van der Waals surface area (Å²) >= 11 is 0. The Bertz CT molecular complexity index is 617. The summed E-state index contributed by atoms with van der Waals surface area (Å²) in [6.07, 6.45) is 7.25. The van der Waals surface area contributed by atoms with Crippen molar-refractivity contribution in [3.8, 4) is 0 Å². The van der Waals surface area contributed by atoms with E-state index in [0.29, 0.717) is 0 Å². The van der Waals surface area contributed by atoms with Crippen molar-refractivity contribution in [3.05, 3.63) is 48.8 Å². The molecular weight excluding hydrogens is 224 g/mol. The van der Waals surface area contributed by atoms with Crippen LogP contribution < -0.4 is 4.57 Å². The Morgan fingerprint density at radius 1 is 1.33 bits per heavy atom. The van der Waals surface area contributed by atoms with E-state index in [4.69, 9.17) is 0 Å². The van der Waals surface area contributed by atoms with E-state index in [9.17, 15) is 0 Å². The lowest BCUT2D eigenvalue weighted by Crippen LogP contribution is -2.32. The number of aromatic nitrogens is 4. The van der Waals surface area contributed by atoms with E-state index in [1.165, 1.54) is 0 Å². The molecule has 0 atom stereocenters. The largest absolute Gasteiger partial charge is 0.342 e. The highest BCUT2D eigenvalue weighted by Crippen LogP contribution is 2.10. The zero-order valence-electron chi connectivity index (χ0n) is 10.5. The minimum atomic E-state index is 0.924. The van der Waals surface area contributed by atoms with E-state index in [1.807, 2.05) is 18.2 Å². The quantitative estimate of drug-likeness (QED) is 0.696. The van der Waals surface area contributed by atoms with E-state index < -0.39 is 0 Å². The number of nitrogens with one attached hydrogen (secondary N) is 1. The number of hydrogen-bond acceptors (Lipinski definition) is 1. The zero-order valence-corrected chi connectivity index (χ0v) is 10.5. The Labute approximate surface area is 106 Å². The van der Waals surface area contributed by atoms with Gasteiger partial charge in [0.2, 0.25) is 6.33 Å². The van der Waals surface area contributed by atoms with Gasteiger partial charge in [0.25, 0.3) is 0 Å². The van der Waals surface area contributed by atoms with Gasteiger partial charge in [-0.3, -0.25) is 0 Å². The number of rotatable bonds is 4.